The van der Waals surface area contributed by atoms with E-state index in [0.29, 0.717) is 0 Å². The third-order valence-electron chi connectivity index (χ3n) is 2.37. The first-order valence-corrected chi connectivity index (χ1v) is 4.96. The Morgan fingerprint density at radius 3 is 2.50 bits per heavy atom. The number of nitrogens with one attached hydrogen (secondary N) is 1. The molecule has 0 saturated carbocycles. The van der Waals surface area contributed by atoms with Crippen molar-refractivity contribution in [2.75, 3.05) is 7.05 Å². The van der Waals surface area contributed by atoms with Crippen LogP contribution >= 0.6 is 0 Å². The summed E-state index contributed by atoms with van der Waals surface area (Å²) in [6.07, 6.45) is 0. The van der Waals surface area contributed by atoms with Crippen LogP contribution in [0.3, 0.4) is 0 Å². The quantitative estimate of drug-likeness (QED) is 0.732. The summed E-state index contributed by atoms with van der Waals surface area (Å²) in [5, 5.41) is 1.79. The lowest BCUT2D eigenvalue weighted by Gasteiger charge is -2.18. The highest BCUT2D eigenvalue weighted by Gasteiger charge is 2.43. The highest BCUT2D eigenvalue weighted by Crippen LogP contribution is 2.32. The molecule has 0 saturated heterocycles. The summed E-state index contributed by atoms with van der Waals surface area (Å²) in [6, 6.07) is 2.70. The Morgan fingerprint density at radius 1 is 1.50 bits per heavy atom. The van der Waals surface area contributed by atoms with Crippen LogP contribution in [0.1, 0.15) is 25.5 Å². The van der Waals surface area contributed by atoms with Gasteiger partial charge in [0.15, 0.2) is 0 Å². The minimum atomic E-state index is -3.91. The molecular formula is C11H14ClF3N2O. The molecule has 18 heavy (non-hydrogen) atoms. The Balaban J connectivity index is 0. The number of carbonyl (C=O) groups excluding carboxylic acids is 1. The van der Waals surface area contributed by atoms with Gasteiger partial charge in [-0.15, -0.1) is 0 Å². The van der Waals surface area contributed by atoms with E-state index in [1.165, 1.54) is 19.1 Å². The third kappa shape index (κ3) is 2.94. The van der Waals surface area contributed by atoms with Gasteiger partial charge in [-0.25, -0.2) is 4.39 Å². The van der Waals surface area contributed by atoms with Gasteiger partial charge in [-0.3, -0.25) is 4.79 Å². The molecule has 0 aliphatic rings. The molecule has 1 aromatic rings. The van der Waals surface area contributed by atoms with E-state index in [1.54, 1.807) is 5.32 Å². The number of halogens is 4. The van der Waals surface area contributed by atoms with Gasteiger partial charge in [-0.2, -0.15) is 8.78 Å². The third-order valence-corrected chi connectivity index (χ3v) is 2.37. The predicted octanol–water partition coefficient (Wildman–Crippen LogP) is -1.20. The first kappa shape index (κ1) is 16.7. The van der Waals surface area contributed by atoms with Crippen molar-refractivity contribution in [1.82, 2.24) is 5.32 Å². The van der Waals surface area contributed by atoms with Crippen molar-refractivity contribution >= 4 is 5.91 Å². The molecule has 3 N–H and O–H groups in total. The van der Waals surface area contributed by atoms with Crippen LogP contribution in [0.4, 0.5) is 13.2 Å². The molecule has 0 heterocycles. The summed E-state index contributed by atoms with van der Waals surface area (Å²) < 4.78 is 40.9. The van der Waals surface area contributed by atoms with Crippen LogP contribution in [0.2, 0.25) is 0 Å². The Kier molecular flexibility index (Phi) is 5.63. The van der Waals surface area contributed by atoms with Crippen molar-refractivity contribution in [3.05, 3.63) is 35.1 Å². The number of rotatable bonds is 3. The number of carbonyl (C=O) groups is 1. The number of hydrogen-bond donors (Lipinski definition) is 2. The Labute approximate surface area is 110 Å². The number of benzene rings is 1. The molecule has 1 rings (SSSR count). The Hall–Kier alpha value is -1.27. The van der Waals surface area contributed by atoms with Crippen molar-refractivity contribution in [1.29, 1.82) is 0 Å². The van der Waals surface area contributed by atoms with Gasteiger partial charge in [0.25, 0.3) is 5.91 Å². The fourth-order valence-electron chi connectivity index (χ4n) is 1.42. The van der Waals surface area contributed by atoms with Crippen molar-refractivity contribution in [2.45, 2.75) is 18.9 Å². The predicted molar refractivity (Wildman–Crippen MR) is 58.1 cm³/mol. The summed E-state index contributed by atoms with van der Waals surface area (Å²) in [7, 11) is 1.06. The fourth-order valence-corrected chi connectivity index (χ4v) is 1.42. The minimum Gasteiger partial charge on any atom is -1.00 e. The molecule has 0 bridgehead atoms. The smallest absolute Gasteiger partial charge is 1.00 e. The largest absolute Gasteiger partial charge is 1.00 e. The number of hydrogen-bond acceptors (Lipinski definition) is 2. The first-order chi connectivity index (χ1) is 7.82. The minimum absolute atomic E-state index is 0. The maximum atomic E-state index is 13.8. The van der Waals surface area contributed by atoms with Crippen molar-refractivity contribution in [3.63, 3.8) is 0 Å². The van der Waals surface area contributed by atoms with E-state index in [4.69, 9.17) is 5.73 Å². The lowest BCUT2D eigenvalue weighted by atomic mass is 10.00. The van der Waals surface area contributed by atoms with E-state index >= 15 is 0 Å². The van der Waals surface area contributed by atoms with E-state index in [9.17, 15) is 18.0 Å². The molecule has 0 aliphatic heterocycles. The number of amides is 1. The van der Waals surface area contributed by atoms with Gasteiger partial charge in [0.2, 0.25) is 0 Å². The molecule has 0 fully saturated rings. The maximum absolute atomic E-state index is 13.8. The highest BCUT2D eigenvalue weighted by atomic mass is 35.5. The van der Waals surface area contributed by atoms with Gasteiger partial charge in [0.05, 0.1) is 5.56 Å². The first-order valence-electron chi connectivity index (χ1n) is 4.96. The molecular weight excluding hydrogens is 269 g/mol. The lowest BCUT2D eigenvalue weighted by Crippen LogP contribution is -3.00. The van der Waals surface area contributed by atoms with Crippen LogP contribution < -0.4 is 23.5 Å². The standard InChI is InChI=1S/C11H13F3N2O.ClH/c1-6(15)7-4-3-5-8(9(7)12)11(13,14)10(17)16-2;/h3-6H,15H2,1-2H3,(H,16,17);1H/t6-;/m1./s1. The molecule has 1 atom stereocenters. The summed E-state index contributed by atoms with van der Waals surface area (Å²) in [5.74, 6) is -6.61. The second kappa shape index (κ2) is 6.06. The highest BCUT2D eigenvalue weighted by molar-refractivity contribution is 5.84. The van der Waals surface area contributed by atoms with Gasteiger partial charge in [-0.1, -0.05) is 12.1 Å². The molecule has 3 nitrogen and oxygen atoms in total. The fraction of sp³-hybridized carbons (Fsp3) is 0.364. The average molecular weight is 283 g/mol. The zero-order valence-corrected chi connectivity index (χ0v) is 10.6. The van der Waals surface area contributed by atoms with Crippen LogP contribution in [0.25, 0.3) is 0 Å². The second-order valence-corrected chi connectivity index (χ2v) is 3.65. The van der Waals surface area contributed by atoms with Crippen molar-refractivity contribution < 1.29 is 31.8 Å². The molecule has 102 valence electrons. The normalized spacial score (nSPS) is 12.6. The summed E-state index contributed by atoms with van der Waals surface area (Å²) >= 11 is 0. The second-order valence-electron chi connectivity index (χ2n) is 3.65. The number of likely N-dealkylation sites (N-methyl/N-ethyl adjacent to an activating group) is 1. The Morgan fingerprint density at radius 2 is 2.06 bits per heavy atom. The number of nitrogens with two attached hydrogens (primary N) is 1. The van der Waals surface area contributed by atoms with E-state index < -0.39 is 29.3 Å². The summed E-state index contributed by atoms with van der Waals surface area (Å²) in [6.45, 7) is 1.47. The van der Waals surface area contributed by atoms with Crippen molar-refractivity contribution in [3.8, 4) is 0 Å². The van der Waals surface area contributed by atoms with Gasteiger partial charge >= 0.3 is 7.35 Å². The molecule has 7 heteroatoms. The molecule has 1 amide bonds. The van der Waals surface area contributed by atoms with Gasteiger partial charge in [0, 0.05) is 18.7 Å². The molecule has 0 unspecified atom stereocenters. The summed E-state index contributed by atoms with van der Waals surface area (Å²) in [5.41, 5.74) is 4.43. The van der Waals surface area contributed by atoms with Crippen molar-refractivity contribution in [2.24, 2.45) is 5.73 Å². The van der Waals surface area contributed by atoms with Crippen LogP contribution in [-0.4, -0.2) is 13.0 Å². The van der Waals surface area contributed by atoms with Gasteiger partial charge in [0.1, 0.15) is 5.82 Å². The zero-order chi connectivity index (χ0) is 13.2. The molecule has 0 radical (unpaired) electrons. The summed E-state index contributed by atoms with van der Waals surface area (Å²) in [4.78, 5) is 11.0. The molecule has 1 aromatic carbocycles. The molecule has 0 aliphatic carbocycles. The Bertz CT molecular complexity index is 444. The topological polar surface area (TPSA) is 55.1 Å². The molecule has 0 aromatic heterocycles. The van der Waals surface area contributed by atoms with E-state index in [-0.39, 0.29) is 19.4 Å². The molecule has 0 spiro atoms. The van der Waals surface area contributed by atoms with Crippen LogP contribution in [-0.2, 0) is 10.7 Å². The van der Waals surface area contributed by atoms with Crippen LogP contribution in [0.15, 0.2) is 18.2 Å². The maximum Gasteiger partial charge on any atom is 1.00 e. The van der Waals surface area contributed by atoms with E-state index in [0.717, 1.165) is 13.1 Å². The van der Waals surface area contributed by atoms with E-state index in [1.807, 2.05) is 0 Å². The van der Waals surface area contributed by atoms with E-state index in [2.05, 4.69) is 0 Å². The zero-order valence-electron chi connectivity index (χ0n) is 10.8. The van der Waals surface area contributed by atoms with Gasteiger partial charge < -0.3 is 23.5 Å². The van der Waals surface area contributed by atoms with Crippen LogP contribution in [0.5, 0.6) is 0 Å². The average Bonchev–Trinajstić information content (AvgIpc) is 2.27. The monoisotopic (exact) mass is 282 g/mol. The number of alkyl halides is 2. The lowest BCUT2D eigenvalue weighted by molar-refractivity contribution is -0.146. The SMILES string of the molecule is CNC(=O)C(F)(F)c1cccc([C@@H](C)N)c1F.[Cl-].[H+]. The van der Waals surface area contributed by atoms with Gasteiger partial charge in [-0.05, 0) is 13.0 Å². The van der Waals surface area contributed by atoms with Crippen LogP contribution in [0, 0.1) is 5.82 Å².